The zero-order chi connectivity index (χ0) is 16.4. The minimum Gasteiger partial charge on any atom is -0.480 e. The second-order valence-electron chi connectivity index (χ2n) is 5.08. The summed E-state index contributed by atoms with van der Waals surface area (Å²) >= 11 is 1.56. The van der Waals surface area contributed by atoms with Crippen molar-refractivity contribution in [2.75, 3.05) is 32.1 Å². The van der Waals surface area contributed by atoms with Gasteiger partial charge in [-0.25, -0.2) is 4.79 Å². The number of carbonyl (C=O) groups excluding carboxylic acids is 1. The van der Waals surface area contributed by atoms with Gasteiger partial charge in [-0.1, -0.05) is 0 Å². The Labute approximate surface area is 135 Å². The fraction of sp³-hybridized carbons (Fsp3) is 0.533. The molecule has 1 unspecified atom stereocenters. The average molecular weight is 325 g/mol. The van der Waals surface area contributed by atoms with Gasteiger partial charge in [0.25, 0.3) is 0 Å². The Balaban J connectivity index is 2.34. The minimum absolute atomic E-state index is 0.189. The maximum Gasteiger partial charge on any atom is 0.326 e. The summed E-state index contributed by atoms with van der Waals surface area (Å²) in [6.45, 7) is 0.911. The third-order valence-electron chi connectivity index (χ3n) is 3.19. The number of amides is 1. The van der Waals surface area contributed by atoms with Gasteiger partial charge in [-0.3, -0.25) is 14.7 Å². The molecule has 1 aromatic heterocycles. The third kappa shape index (κ3) is 7.42. The molecule has 6 nitrogen and oxygen atoms in total. The van der Waals surface area contributed by atoms with E-state index in [1.54, 1.807) is 24.2 Å². The van der Waals surface area contributed by atoms with E-state index >= 15 is 0 Å². The van der Waals surface area contributed by atoms with E-state index in [9.17, 15) is 9.59 Å². The molecule has 0 fully saturated rings. The van der Waals surface area contributed by atoms with Gasteiger partial charge >= 0.3 is 5.97 Å². The number of rotatable bonds is 10. The van der Waals surface area contributed by atoms with E-state index in [-0.39, 0.29) is 12.5 Å². The number of hydrogen-bond acceptors (Lipinski definition) is 5. The number of carboxylic acid groups (broad SMARTS) is 1. The summed E-state index contributed by atoms with van der Waals surface area (Å²) in [7, 11) is 1.85. The molecule has 22 heavy (non-hydrogen) atoms. The van der Waals surface area contributed by atoms with Crippen LogP contribution >= 0.6 is 11.8 Å². The van der Waals surface area contributed by atoms with E-state index in [2.05, 4.69) is 10.3 Å². The van der Waals surface area contributed by atoms with E-state index in [0.717, 1.165) is 18.5 Å². The van der Waals surface area contributed by atoms with Gasteiger partial charge < -0.3 is 10.4 Å². The Morgan fingerprint density at radius 3 is 2.68 bits per heavy atom. The molecule has 0 radical (unpaired) electrons. The van der Waals surface area contributed by atoms with Crippen molar-refractivity contribution in [1.82, 2.24) is 15.2 Å². The molecule has 1 heterocycles. The zero-order valence-corrected chi connectivity index (χ0v) is 13.8. The van der Waals surface area contributed by atoms with E-state index < -0.39 is 12.0 Å². The highest BCUT2D eigenvalue weighted by atomic mass is 32.2. The van der Waals surface area contributed by atoms with Crippen molar-refractivity contribution in [3.05, 3.63) is 30.1 Å². The maximum atomic E-state index is 11.9. The number of hydrogen-bond donors (Lipinski definition) is 2. The molecular formula is C15H23N3O3S. The zero-order valence-electron chi connectivity index (χ0n) is 13.0. The van der Waals surface area contributed by atoms with Crippen LogP contribution < -0.4 is 5.32 Å². The standard InChI is InChI=1S/C15H23N3O3S/c1-18(9-5-12-3-7-16-8-4-12)11-14(19)17-13(15(20)21)6-10-22-2/h3-4,7-8,13H,5-6,9-11H2,1-2H3,(H,17,19)(H,20,21). The SMILES string of the molecule is CSCCC(NC(=O)CN(C)CCc1ccncc1)C(=O)O. The highest BCUT2D eigenvalue weighted by Crippen LogP contribution is 2.02. The number of carbonyl (C=O) groups is 2. The van der Waals surface area contributed by atoms with Gasteiger partial charge in [0.15, 0.2) is 0 Å². The number of carboxylic acids is 1. The second kappa shape index (κ2) is 10.2. The number of pyridine rings is 1. The quantitative estimate of drug-likeness (QED) is 0.664. The number of aromatic nitrogens is 1. The molecule has 1 atom stereocenters. The Morgan fingerprint density at radius 1 is 1.41 bits per heavy atom. The predicted octanol–water partition coefficient (Wildman–Crippen LogP) is 0.878. The summed E-state index contributed by atoms with van der Waals surface area (Å²) in [4.78, 5) is 28.8. The lowest BCUT2D eigenvalue weighted by molar-refractivity contribution is -0.142. The van der Waals surface area contributed by atoms with Crippen LogP contribution in [-0.4, -0.2) is 65.1 Å². The second-order valence-corrected chi connectivity index (χ2v) is 6.07. The molecule has 1 rings (SSSR count). The van der Waals surface area contributed by atoms with Crippen LogP contribution in [0.4, 0.5) is 0 Å². The van der Waals surface area contributed by atoms with Crippen molar-refractivity contribution < 1.29 is 14.7 Å². The molecule has 1 amide bonds. The van der Waals surface area contributed by atoms with Gasteiger partial charge in [-0.2, -0.15) is 11.8 Å². The number of likely N-dealkylation sites (N-methyl/N-ethyl adjacent to an activating group) is 1. The first kappa shape index (κ1) is 18.4. The van der Waals surface area contributed by atoms with Crippen molar-refractivity contribution in [1.29, 1.82) is 0 Å². The number of thioether (sulfide) groups is 1. The average Bonchev–Trinajstić information content (AvgIpc) is 2.50. The highest BCUT2D eigenvalue weighted by Gasteiger charge is 2.19. The number of aliphatic carboxylic acids is 1. The molecule has 7 heteroatoms. The lowest BCUT2D eigenvalue weighted by Gasteiger charge is -2.19. The predicted molar refractivity (Wildman–Crippen MR) is 88.0 cm³/mol. The molecular weight excluding hydrogens is 302 g/mol. The van der Waals surface area contributed by atoms with Crippen molar-refractivity contribution in [3.63, 3.8) is 0 Å². The monoisotopic (exact) mass is 325 g/mol. The molecule has 0 aliphatic rings. The van der Waals surface area contributed by atoms with Crippen LogP contribution in [0.3, 0.4) is 0 Å². The molecule has 0 saturated carbocycles. The van der Waals surface area contributed by atoms with Gasteiger partial charge in [-0.15, -0.1) is 0 Å². The van der Waals surface area contributed by atoms with E-state index in [4.69, 9.17) is 5.11 Å². The van der Waals surface area contributed by atoms with Crippen LogP contribution in [-0.2, 0) is 16.0 Å². The smallest absolute Gasteiger partial charge is 0.326 e. The first-order chi connectivity index (χ1) is 10.5. The van der Waals surface area contributed by atoms with Crippen LogP contribution in [0, 0.1) is 0 Å². The molecule has 0 aliphatic carbocycles. The van der Waals surface area contributed by atoms with Crippen LogP contribution in [0.1, 0.15) is 12.0 Å². The fourth-order valence-corrected chi connectivity index (χ4v) is 2.40. The van der Waals surface area contributed by atoms with Gasteiger partial charge in [0.05, 0.1) is 6.54 Å². The van der Waals surface area contributed by atoms with Crippen LogP contribution in [0.5, 0.6) is 0 Å². The summed E-state index contributed by atoms with van der Waals surface area (Å²) < 4.78 is 0. The normalized spacial score (nSPS) is 12.1. The molecule has 0 bridgehead atoms. The van der Waals surface area contributed by atoms with Crippen molar-refractivity contribution in [2.45, 2.75) is 18.9 Å². The summed E-state index contributed by atoms with van der Waals surface area (Å²) in [5.74, 6) is -0.539. The van der Waals surface area contributed by atoms with E-state index in [0.29, 0.717) is 12.2 Å². The third-order valence-corrected chi connectivity index (χ3v) is 3.83. The maximum absolute atomic E-state index is 11.9. The van der Waals surface area contributed by atoms with Crippen molar-refractivity contribution in [3.8, 4) is 0 Å². The molecule has 2 N–H and O–H groups in total. The Kier molecular flexibility index (Phi) is 8.54. The highest BCUT2D eigenvalue weighted by molar-refractivity contribution is 7.98. The summed E-state index contributed by atoms with van der Waals surface area (Å²) in [6, 6.07) is 3.07. The van der Waals surface area contributed by atoms with Crippen molar-refractivity contribution >= 4 is 23.6 Å². The molecule has 1 aromatic rings. The van der Waals surface area contributed by atoms with E-state index in [1.165, 1.54) is 0 Å². The van der Waals surface area contributed by atoms with Crippen LogP contribution in [0.2, 0.25) is 0 Å². The lowest BCUT2D eigenvalue weighted by Crippen LogP contribution is -2.45. The van der Waals surface area contributed by atoms with Crippen LogP contribution in [0.15, 0.2) is 24.5 Å². The molecule has 0 aromatic carbocycles. The topological polar surface area (TPSA) is 82.5 Å². The fourth-order valence-electron chi connectivity index (χ4n) is 1.93. The van der Waals surface area contributed by atoms with Gasteiger partial charge in [0.2, 0.25) is 5.91 Å². The molecule has 0 spiro atoms. The minimum atomic E-state index is -0.984. The van der Waals surface area contributed by atoms with E-state index in [1.807, 2.05) is 30.3 Å². The first-order valence-electron chi connectivity index (χ1n) is 7.11. The summed E-state index contributed by atoms with van der Waals surface area (Å²) in [5, 5.41) is 11.7. The van der Waals surface area contributed by atoms with Gasteiger partial charge in [0.1, 0.15) is 6.04 Å². The van der Waals surface area contributed by atoms with Gasteiger partial charge in [0, 0.05) is 18.9 Å². The summed E-state index contributed by atoms with van der Waals surface area (Å²) in [6.07, 6.45) is 6.65. The largest absolute Gasteiger partial charge is 0.480 e. The summed E-state index contributed by atoms with van der Waals surface area (Å²) in [5.41, 5.74) is 1.16. The first-order valence-corrected chi connectivity index (χ1v) is 8.51. The Bertz CT molecular complexity index is 470. The van der Waals surface area contributed by atoms with Crippen molar-refractivity contribution in [2.24, 2.45) is 0 Å². The Morgan fingerprint density at radius 2 is 2.09 bits per heavy atom. The molecule has 122 valence electrons. The number of nitrogens with one attached hydrogen (secondary N) is 1. The van der Waals surface area contributed by atoms with Gasteiger partial charge in [-0.05, 0) is 49.6 Å². The number of nitrogens with zero attached hydrogens (tertiary/aromatic N) is 2. The molecule has 0 saturated heterocycles. The molecule has 0 aliphatic heterocycles. The lowest BCUT2D eigenvalue weighted by atomic mass is 10.2. The Hall–Kier alpha value is -1.60. The van der Waals surface area contributed by atoms with Crippen LogP contribution in [0.25, 0.3) is 0 Å².